The van der Waals surface area contributed by atoms with E-state index in [9.17, 15) is 0 Å². The predicted molar refractivity (Wildman–Crippen MR) is 68.9 cm³/mol. The molecule has 0 radical (unpaired) electrons. The van der Waals surface area contributed by atoms with Crippen LogP contribution in [0.5, 0.6) is 0 Å². The number of nitriles is 1. The molecule has 6 heteroatoms. The predicted octanol–water partition coefficient (Wildman–Crippen LogP) is 2.05. The molecule has 2 heterocycles. The molecule has 0 saturated heterocycles. The standard InChI is InChI=1S/C13H9N5O/c1-7-16-10-3-2-8(4-11(10)19-7)13-17-9(6-14)5-12(15)18-13/h2-5H,1H3,(H2,15,17,18). The van der Waals surface area contributed by atoms with Crippen molar-refractivity contribution in [2.75, 3.05) is 5.73 Å². The molecule has 0 atom stereocenters. The summed E-state index contributed by atoms with van der Waals surface area (Å²) in [6.45, 7) is 1.78. The fraction of sp³-hybridized carbons (Fsp3) is 0.0769. The van der Waals surface area contributed by atoms with Crippen LogP contribution in [0.4, 0.5) is 5.82 Å². The quantitative estimate of drug-likeness (QED) is 0.710. The van der Waals surface area contributed by atoms with Gasteiger partial charge in [0.2, 0.25) is 0 Å². The van der Waals surface area contributed by atoms with Crippen molar-refractivity contribution in [2.24, 2.45) is 0 Å². The van der Waals surface area contributed by atoms with E-state index in [2.05, 4.69) is 15.0 Å². The van der Waals surface area contributed by atoms with Crippen LogP contribution in [0.25, 0.3) is 22.5 Å². The molecule has 0 fully saturated rings. The zero-order chi connectivity index (χ0) is 13.4. The van der Waals surface area contributed by atoms with Gasteiger partial charge >= 0.3 is 0 Å². The molecule has 0 unspecified atom stereocenters. The molecular weight excluding hydrogens is 242 g/mol. The lowest BCUT2D eigenvalue weighted by Gasteiger charge is -2.01. The largest absolute Gasteiger partial charge is 0.441 e. The Morgan fingerprint density at radius 2 is 2.05 bits per heavy atom. The second-order valence-electron chi connectivity index (χ2n) is 4.03. The molecule has 0 aliphatic rings. The minimum Gasteiger partial charge on any atom is -0.441 e. The van der Waals surface area contributed by atoms with Crippen molar-refractivity contribution < 1.29 is 4.42 Å². The Bertz CT molecular complexity index is 816. The number of nitrogen functional groups attached to an aromatic ring is 1. The van der Waals surface area contributed by atoms with Gasteiger partial charge in [-0.2, -0.15) is 5.26 Å². The van der Waals surface area contributed by atoms with Crippen LogP contribution in [0.3, 0.4) is 0 Å². The summed E-state index contributed by atoms with van der Waals surface area (Å²) in [5.74, 6) is 1.25. The third-order valence-corrected chi connectivity index (χ3v) is 2.61. The van der Waals surface area contributed by atoms with E-state index >= 15 is 0 Å². The highest BCUT2D eigenvalue weighted by atomic mass is 16.3. The first-order valence-electron chi connectivity index (χ1n) is 5.58. The van der Waals surface area contributed by atoms with Gasteiger partial charge in [0.1, 0.15) is 23.1 Å². The van der Waals surface area contributed by atoms with Gasteiger partial charge in [0.25, 0.3) is 0 Å². The average molecular weight is 251 g/mol. The van der Waals surface area contributed by atoms with Gasteiger partial charge < -0.3 is 10.2 Å². The van der Waals surface area contributed by atoms with Gasteiger partial charge in [-0.15, -0.1) is 0 Å². The van der Waals surface area contributed by atoms with Crippen molar-refractivity contribution in [1.82, 2.24) is 15.0 Å². The Kier molecular flexibility index (Phi) is 2.39. The highest BCUT2D eigenvalue weighted by Gasteiger charge is 2.08. The topological polar surface area (TPSA) is 102 Å². The second-order valence-corrected chi connectivity index (χ2v) is 4.03. The number of hydrogen-bond donors (Lipinski definition) is 1. The molecule has 0 saturated carbocycles. The van der Waals surface area contributed by atoms with Crippen LogP contribution < -0.4 is 5.73 Å². The number of nitrogens with two attached hydrogens (primary N) is 1. The number of aryl methyl sites for hydroxylation is 1. The number of benzene rings is 1. The van der Waals surface area contributed by atoms with Crippen molar-refractivity contribution in [2.45, 2.75) is 6.92 Å². The van der Waals surface area contributed by atoms with Crippen LogP contribution in [0.15, 0.2) is 28.7 Å². The second kappa shape index (κ2) is 4.07. The van der Waals surface area contributed by atoms with Gasteiger partial charge in [-0.3, -0.25) is 0 Å². The number of anilines is 1. The maximum atomic E-state index is 8.88. The van der Waals surface area contributed by atoms with E-state index in [1.807, 2.05) is 18.2 Å². The van der Waals surface area contributed by atoms with Crippen LogP contribution >= 0.6 is 0 Å². The smallest absolute Gasteiger partial charge is 0.192 e. The molecule has 0 bridgehead atoms. The van der Waals surface area contributed by atoms with E-state index in [4.69, 9.17) is 15.4 Å². The molecule has 92 valence electrons. The van der Waals surface area contributed by atoms with Gasteiger partial charge in [-0.1, -0.05) is 0 Å². The lowest BCUT2D eigenvalue weighted by Crippen LogP contribution is -1.98. The molecule has 19 heavy (non-hydrogen) atoms. The van der Waals surface area contributed by atoms with Gasteiger partial charge in [0, 0.05) is 18.6 Å². The molecule has 2 N–H and O–H groups in total. The van der Waals surface area contributed by atoms with E-state index < -0.39 is 0 Å². The molecule has 0 spiro atoms. The Labute approximate surface area is 108 Å². The van der Waals surface area contributed by atoms with Crippen molar-refractivity contribution in [3.63, 3.8) is 0 Å². The van der Waals surface area contributed by atoms with E-state index in [1.165, 1.54) is 6.07 Å². The van der Waals surface area contributed by atoms with Crippen molar-refractivity contribution in [3.8, 4) is 17.5 Å². The van der Waals surface area contributed by atoms with Crippen molar-refractivity contribution in [1.29, 1.82) is 5.26 Å². The first-order chi connectivity index (χ1) is 9.15. The van der Waals surface area contributed by atoms with E-state index in [0.717, 1.165) is 11.1 Å². The van der Waals surface area contributed by atoms with E-state index in [-0.39, 0.29) is 11.5 Å². The van der Waals surface area contributed by atoms with E-state index in [1.54, 1.807) is 13.0 Å². The maximum Gasteiger partial charge on any atom is 0.192 e. The van der Waals surface area contributed by atoms with Crippen molar-refractivity contribution in [3.05, 3.63) is 35.9 Å². The average Bonchev–Trinajstić information content (AvgIpc) is 2.76. The number of rotatable bonds is 1. The third-order valence-electron chi connectivity index (χ3n) is 2.61. The summed E-state index contributed by atoms with van der Waals surface area (Å²) in [5.41, 5.74) is 8.03. The monoisotopic (exact) mass is 251 g/mol. The molecule has 3 aromatic rings. The van der Waals surface area contributed by atoms with Crippen LogP contribution in [-0.4, -0.2) is 15.0 Å². The Balaban J connectivity index is 2.18. The first-order valence-corrected chi connectivity index (χ1v) is 5.58. The highest BCUT2D eigenvalue weighted by molar-refractivity contribution is 5.78. The number of nitrogens with zero attached hydrogens (tertiary/aromatic N) is 4. The Hall–Kier alpha value is -2.94. The summed E-state index contributed by atoms with van der Waals surface area (Å²) in [4.78, 5) is 12.5. The summed E-state index contributed by atoms with van der Waals surface area (Å²) in [5, 5.41) is 8.88. The summed E-state index contributed by atoms with van der Waals surface area (Å²) in [6, 6.07) is 8.81. The number of hydrogen-bond acceptors (Lipinski definition) is 6. The number of fused-ring (bicyclic) bond motifs is 1. The van der Waals surface area contributed by atoms with Gasteiger partial charge in [0.05, 0.1) is 0 Å². The van der Waals surface area contributed by atoms with Crippen molar-refractivity contribution >= 4 is 16.9 Å². The SMILES string of the molecule is Cc1nc2ccc(-c3nc(N)cc(C#N)n3)cc2o1. The minimum atomic E-state index is 0.233. The fourth-order valence-corrected chi connectivity index (χ4v) is 1.83. The van der Waals surface area contributed by atoms with Crippen LogP contribution in [-0.2, 0) is 0 Å². The highest BCUT2D eigenvalue weighted by Crippen LogP contribution is 2.23. The summed E-state index contributed by atoms with van der Waals surface area (Å²) < 4.78 is 5.45. The zero-order valence-corrected chi connectivity index (χ0v) is 10.1. The summed E-state index contributed by atoms with van der Waals surface area (Å²) in [6.07, 6.45) is 0. The zero-order valence-electron chi connectivity index (χ0n) is 10.1. The molecular formula is C13H9N5O. The third kappa shape index (κ3) is 1.98. The van der Waals surface area contributed by atoms with Gasteiger partial charge in [-0.25, -0.2) is 15.0 Å². The molecule has 0 amide bonds. The van der Waals surface area contributed by atoms with E-state index in [0.29, 0.717) is 17.3 Å². The molecule has 3 rings (SSSR count). The van der Waals surface area contributed by atoms with Gasteiger partial charge in [-0.05, 0) is 18.2 Å². The summed E-state index contributed by atoms with van der Waals surface area (Å²) in [7, 11) is 0. The van der Waals surface area contributed by atoms with Crippen LogP contribution in [0.2, 0.25) is 0 Å². The molecule has 0 aliphatic heterocycles. The van der Waals surface area contributed by atoms with Crippen LogP contribution in [0.1, 0.15) is 11.6 Å². The minimum absolute atomic E-state index is 0.233. The Morgan fingerprint density at radius 1 is 1.21 bits per heavy atom. The lowest BCUT2D eigenvalue weighted by molar-refractivity contribution is 0.561. The normalized spacial score (nSPS) is 10.5. The number of aromatic nitrogens is 3. The first kappa shape index (κ1) is 11.2. The molecule has 6 nitrogen and oxygen atoms in total. The van der Waals surface area contributed by atoms with Crippen LogP contribution in [0, 0.1) is 18.3 Å². The molecule has 0 aliphatic carbocycles. The number of oxazole rings is 1. The summed E-state index contributed by atoms with van der Waals surface area (Å²) >= 11 is 0. The fourth-order valence-electron chi connectivity index (χ4n) is 1.83. The molecule has 2 aromatic heterocycles. The molecule has 1 aromatic carbocycles. The Morgan fingerprint density at radius 3 is 2.84 bits per heavy atom. The van der Waals surface area contributed by atoms with Gasteiger partial charge in [0.15, 0.2) is 17.3 Å². The maximum absolute atomic E-state index is 8.88. The lowest BCUT2D eigenvalue weighted by atomic mass is 10.2.